The number of hydrogen-bond acceptors (Lipinski definition) is 5. The van der Waals surface area contributed by atoms with Gasteiger partial charge in [-0.15, -0.1) is 0 Å². The van der Waals surface area contributed by atoms with Crippen molar-refractivity contribution in [3.8, 4) is 11.8 Å². The van der Waals surface area contributed by atoms with Crippen molar-refractivity contribution in [3.05, 3.63) is 36.0 Å². The smallest absolute Gasteiger partial charge is 0.267 e. The molecule has 0 aliphatic carbocycles. The Hall–Kier alpha value is -2.52. The number of aliphatic hydroxyl groups is 1. The molecule has 0 aromatic heterocycles. The zero-order valence-electron chi connectivity index (χ0n) is 11.3. The molecule has 0 unspecified atom stereocenters. The van der Waals surface area contributed by atoms with Crippen LogP contribution in [0.15, 0.2) is 36.0 Å². The number of nitrogens with one attached hydrogen (secondary N) is 2. The van der Waals surface area contributed by atoms with Crippen molar-refractivity contribution in [2.24, 2.45) is 0 Å². The first-order valence-corrected chi connectivity index (χ1v) is 5.97. The predicted molar refractivity (Wildman–Crippen MR) is 74.7 cm³/mol. The van der Waals surface area contributed by atoms with Gasteiger partial charge in [-0.05, 0) is 38.1 Å². The highest BCUT2D eigenvalue weighted by Crippen LogP contribution is 2.14. The number of amides is 1. The molecule has 20 heavy (non-hydrogen) atoms. The Bertz CT molecular complexity index is 542. The molecular formula is C14H17N3O3. The van der Waals surface area contributed by atoms with Gasteiger partial charge in [0, 0.05) is 11.9 Å². The maximum Gasteiger partial charge on any atom is 0.267 e. The summed E-state index contributed by atoms with van der Waals surface area (Å²) < 4.78 is 0. The number of benzene rings is 1. The average Bonchev–Trinajstić information content (AvgIpc) is 2.42. The lowest BCUT2D eigenvalue weighted by atomic mass is 10.1. The number of hydrogen-bond donors (Lipinski definition) is 4. The molecule has 0 fully saturated rings. The van der Waals surface area contributed by atoms with Crippen LogP contribution in [0.1, 0.15) is 13.8 Å². The fraction of sp³-hybridized carbons (Fsp3) is 0.286. The molecule has 4 N–H and O–H groups in total. The zero-order valence-corrected chi connectivity index (χ0v) is 11.3. The summed E-state index contributed by atoms with van der Waals surface area (Å²) in [6, 6.07) is 7.69. The number of phenolic OH excluding ortho intramolecular Hbond substituents is 1. The second-order valence-corrected chi connectivity index (χ2v) is 4.86. The standard InChI is InChI=1S/C14H17N3O3/c1-14(2,9-18)16-8-10(7-15)13(20)17-11-3-5-12(19)6-4-11/h3-6,8,16,18-19H,9H2,1-2H3,(H,17,20)/b10-8-. The van der Waals surface area contributed by atoms with Crippen LogP contribution in [0.5, 0.6) is 5.75 Å². The molecule has 6 heteroatoms. The Kier molecular flexibility index (Phi) is 5.12. The first-order chi connectivity index (χ1) is 9.38. The number of aromatic hydroxyl groups is 1. The highest BCUT2D eigenvalue weighted by atomic mass is 16.3. The van der Waals surface area contributed by atoms with Crippen molar-refractivity contribution in [3.63, 3.8) is 0 Å². The van der Waals surface area contributed by atoms with E-state index in [1.54, 1.807) is 19.9 Å². The van der Waals surface area contributed by atoms with E-state index < -0.39 is 11.4 Å². The summed E-state index contributed by atoms with van der Waals surface area (Å²) >= 11 is 0. The van der Waals surface area contributed by atoms with Gasteiger partial charge in [0.2, 0.25) is 0 Å². The van der Waals surface area contributed by atoms with Gasteiger partial charge in [0.1, 0.15) is 17.4 Å². The molecule has 1 aromatic rings. The number of nitrogens with zero attached hydrogens (tertiary/aromatic N) is 1. The number of nitriles is 1. The molecule has 1 aromatic carbocycles. The first kappa shape index (κ1) is 15.5. The van der Waals surface area contributed by atoms with E-state index in [1.807, 2.05) is 0 Å². The molecule has 1 amide bonds. The number of carbonyl (C=O) groups excluding carboxylic acids is 1. The van der Waals surface area contributed by atoms with E-state index in [9.17, 15) is 4.79 Å². The van der Waals surface area contributed by atoms with Crippen LogP contribution in [0.4, 0.5) is 5.69 Å². The Balaban J connectivity index is 2.75. The lowest BCUT2D eigenvalue weighted by molar-refractivity contribution is -0.112. The Morgan fingerprint density at radius 2 is 2.00 bits per heavy atom. The topological polar surface area (TPSA) is 105 Å². The summed E-state index contributed by atoms with van der Waals surface area (Å²) in [7, 11) is 0. The van der Waals surface area contributed by atoms with Crippen LogP contribution in [0, 0.1) is 11.3 Å². The van der Waals surface area contributed by atoms with Gasteiger partial charge in [-0.1, -0.05) is 0 Å². The molecule has 0 heterocycles. The Morgan fingerprint density at radius 3 is 2.50 bits per heavy atom. The molecule has 0 aliphatic rings. The monoisotopic (exact) mass is 275 g/mol. The van der Waals surface area contributed by atoms with Crippen molar-refractivity contribution in [1.29, 1.82) is 5.26 Å². The summed E-state index contributed by atoms with van der Waals surface area (Å²) in [6.07, 6.45) is 1.27. The van der Waals surface area contributed by atoms with Crippen LogP contribution in [0.25, 0.3) is 0 Å². The molecule has 1 rings (SSSR count). The quantitative estimate of drug-likeness (QED) is 0.366. The van der Waals surface area contributed by atoms with Gasteiger partial charge in [-0.25, -0.2) is 0 Å². The fourth-order valence-electron chi connectivity index (χ4n) is 1.20. The molecule has 0 saturated carbocycles. The first-order valence-electron chi connectivity index (χ1n) is 5.97. The van der Waals surface area contributed by atoms with Crippen LogP contribution in [0.3, 0.4) is 0 Å². The third kappa shape index (κ3) is 4.63. The zero-order chi connectivity index (χ0) is 15.2. The van der Waals surface area contributed by atoms with E-state index in [-0.39, 0.29) is 17.9 Å². The van der Waals surface area contributed by atoms with Crippen LogP contribution in [-0.4, -0.2) is 28.3 Å². The van der Waals surface area contributed by atoms with Crippen molar-refractivity contribution in [1.82, 2.24) is 5.32 Å². The summed E-state index contributed by atoms with van der Waals surface area (Å²) in [5.74, 6) is -0.482. The molecule has 0 atom stereocenters. The van der Waals surface area contributed by atoms with Gasteiger partial charge in [-0.3, -0.25) is 4.79 Å². The van der Waals surface area contributed by atoms with Gasteiger partial charge in [0.25, 0.3) is 5.91 Å². The maximum absolute atomic E-state index is 11.9. The van der Waals surface area contributed by atoms with E-state index in [4.69, 9.17) is 15.5 Å². The molecule has 0 radical (unpaired) electrons. The van der Waals surface area contributed by atoms with Gasteiger partial charge >= 0.3 is 0 Å². The number of phenols is 1. The minimum absolute atomic E-state index is 0.0883. The normalized spacial score (nSPS) is 11.6. The van der Waals surface area contributed by atoms with E-state index in [0.29, 0.717) is 5.69 Å². The van der Waals surface area contributed by atoms with E-state index in [1.165, 1.54) is 30.5 Å². The lowest BCUT2D eigenvalue weighted by Gasteiger charge is -2.22. The minimum atomic E-state index is -0.624. The lowest BCUT2D eigenvalue weighted by Crippen LogP contribution is -2.39. The van der Waals surface area contributed by atoms with Gasteiger partial charge in [0.05, 0.1) is 12.1 Å². The Morgan fingerprint density at radius 1 is 1.40 bits per heavy atom. The molecule has 0 spiro atoms. The SMILES string of the molecule is CC(C)(CO)N/C=C(/C#N)C(=O)Nc1ccc(O)cc1. The Labute approximate surface area is 117 Å². The predicted octanol–water partition coefficient (Wildman–Crippen LogP) is 1.10. The molecule has 0 aliphatic heterocycles. The van der Waals surface area contributed by atoms with Crippen LogP contribution >= 0.6 is 0 Å². The molecule has 6 nitrogen and oxygen atoms in total. The highest BCUT2D eigenvalue weighted by Gasteiger charge is 2.15. The maximum atomic E-state index is 11.9. The largest absolute Gasteiger partial charge is 0.508 e. The van der Waals surface area contributed by atoms with Crippen molar-refractivity contribution in [2.75, 3.05) is 11.9 Å². The molecule has 106 valence electrons. The van der Waals surface area contributed by atoms with Crippen molar-refractivity contribution < 1.29 is 15.0 Å². The summed E-state index contributed by atoms with van der Waals surface area (Å²) in [5.41, 5.74) is -0.268. The van der Waals surface area contributed by atoms with Crippen LogP contribution < -0.4 is 10.6 Å². The van der Waals surface area contributed by atoms with Crippen LogP contribution in [-0.2, 0) is 4.79 Å². The van der Waals surface area contributed by atoms with Crippen molar-refractivity contribution in [2.45, 2.75) is 19.4 Å². The second kappa shape index (κ2) is 6.59. The summed E-state index contributed by atoms with van der Waals surface area (Å²) in [4.78, 5) is 11.9. The summed E-state index contributed by atoms with van der Waals surface area (Å²) in [6.45, 7) is 3.33. The third-order valence-corrected chi connectivity index (χ3v) is 2.49. The van der Waals surface area contributed by atoms with E-state index >= 15 is 0 Å². The number of carbonyl (C=O) groups is 1. The number of rotatable bonds is 5. The van der Waals surface area contributed by atoms with Crippen LogP contribution in [0.2, 0.25) is 0 Å². The molecule has 0 saturated heterocycles. The van der Waals surface area contributed by atoms with E-state index in [0.717, 1.165) is 0 Å². The number of aliphatic hydroxyl groups excluding tert-OH is 1. The average molecular weight is 275 g/mol. The molecule has 0 bridgehead atoms. The fourth-order valence-corrected chi connectivity index (χ4v) is 1.20. The van der Waals surface area contributed by atoms with Gasteiger partial charge < -0.3 is 20.8 Å². The molecular weight excluding hydrogens is 258 g/mol. The van der Waals surface area contributed by atoms with Gasteiger partial charge in [-0.2, -0.15) is 5.26 Å². The third-order valence-electron chi connectivity index (χ3n) is 2.49. The highest BCUT2D eigenvalue weighted by molar-refractivity contribution is 6.06. The van der Waals surface area contributed by atoms with Crippen molar-refractivity contribution >= 4 is 11.6 Å². The van der Waals surface area contributed by atoms with Gasteiger partial charge in [0.15, 0.2) is 0 Å². The minimum Gasteiger partial charge on any atom is -0.508 e. The number of anilines is 1. The van der Waals surface area contributed by atoms with E-state index in [2.05, 4.69) is 10.6 Å². The second-order valence-electron chi connectivity index (χ2n) is 4.86. The summed E-state index contributed by atoms with van der Waals surface area (Å²) in [5, 5.41) is 32.5.